The Kier molecular flexibility index (Phi) is 3.43. The van der Waals surface area contributed by atoms with E-state index in [1.165, 1.54) is 4.57 Å². The van der Waals surface area contributed by atoms with Gasteiger partial charge < -0.3 is 9.72 Å². The molecule has 0 aliphatic heterocycles. The van der Waals surface area contributed by atoms with Gasteiger partial charge in [0.1, 0.15) is 11.3 Å². The van der Waals surface area contributed by atoms with Crippen LogP contribution in [0, 0.1) is 0 Å². The Morgan fingerprint density at radius 1 is 1.41 bits per heavy atom. The van der Waals surface area contributed by atoms with Gasteiger partial charge >= 0.3 is 5.69 Å². The maximum absolute atomic E-state index is 11.6. The molecule has 0 radical (unpaired) electrons. The highest BCUT2D eigenvalue weighted by molar-refractivity contribution is 9.08. The first kappa shape index (κ1) is 12.1. The molecule has 2 aromatic rings. The fourth-order valence-corrected chi connectivity index (χ4v) is 1.81. The maximum atomic E-state index is 11.6. The highest BCUT2D eigenvalue weighted by atomic mass is 79.9. The second-order valence-electron chi connectivity index (χ2n) is 3.42. The van der Waals surface area contributed by atoms with Crippen LogP contribution in [-0.2, 0) is 16.6 Å². The molecule has 0 saturated carbocycles. The predicted molar refractivity (Wildman–Crippen MR) is 65.5 cm³/mol. The van der Waals surface area contributed by atoms with Crippen molar-refractivity contribution >= 4 is 27.1 Å². The molecular formula is C9H11BrN4O3. The predicted octanol–water partition coefficient (Wildman–Crippen LogP) is -0.0458. The van der Waals surface area contributed by atoms with Crippen molar-refractivity contribution in [2.24, 2.45) is 0 Å². The minimum atomic E-state index is -0.479. The lowest BCUT2D eigenvalue weighted by Gasteiger charge is -2.04. The van der Waals surface area contributed by atoms with Gasteiger partial charge in [0.05, 0.1) is 18.5 Å². The first-order chi connectivity index (χ1) is 8.17. The summed E-state index contributed by atoms with van der Waals surface area (Å²) in [5, 5.41) is 0.486. The van der Waals surface area contributed by atoms with E-state index >= 15 is 0 Å². The molecule has 0 aliphatic rings. The summed E-state index contributed by atoms with van der Waals surface area (Å²) in [6.07, 6.45) is 0. The molecule has 0 saturated heterocycles. The normalized spacial score (nSPS) is 11.2. The van der Waals surface area contributed by atoms with Gasteiger partial charge in [-0.25, -0.2) is 9.78 Å². The van der Waals surface area contributed by atoms with E-state index < -0.39 is 11.2 Å². The summed E-state index contributed by atoms with van der Waals surface area (Å²) < 4.78 is 6.29. The molecule has 0 amide bonds. The number of H-pyrrole nitrogens is 2. The number of halogens is 1. The minimum absolute atomic E-state index is 0.301. The number of methoxy groups -OCH3 is 1. The third-order valence-corrected chi connectivity index (χ3v) is 2.86. The molecule has 2 rings (SSSR count). The van der Waals surface area contributed by atoms with Gasteiger partial charge in [-0.1, -0.05) is 15.9 Å². The zero-order valence-electron chi connectivity index (χ0n) is 9.12. The average Bonchev–Trinajstić information content (AvgIpc) is 2.73. The van der Waals surface area contributed by atoms with E-state index in [0.29, 0.717) is 35.5 Å². The summed E-state index contributed by atoms with van der Waals surface area (Å²) in [4.78, 5) is 32.5. The highest BCUT2D eigenvalue weighted by Crippen LogP contribution is 2.07. The molecule has 92 valence electrons. The molecule has 17 heavy (non-hydrogen) atoms. The second-order valence-corrected chi connectivity index (χ2v) is 3.98. The van der Waals surface area contributed by atoms with Gasteiger partial charge in [0.15, 0.2) is 5.65 Å². The number of hydrogen-bond acceptors (Lipinski definition) is 4. The number of hydrogen-bond donors (Lipinski definition) is 2. The molecule has 8 heteroatoms. The van der Waals surface area contributed by atoms with Gasteiger partial charge in [0.2, 0.25) is 0 Å². The van der Waals surface area contributed by atoms with Crippen LogP contribution in [0.4, 0.5) is 0 Å². The third-order valence-electron chi connectivity index (χ3n) is 2.33. The van der Waals surface area contributed by atoms with Crippen molar-refractivity contribution < 1.29 is 4.74 Å². The smallest absolute Gasteiger partial charge is 0.330 e. The molecule has 2 N–H and O–H groups in total. The van der Waals surface area contributed by atoms with Crippen LogP contribution in [0.25, 0.3) is 11.2 Å². The first-order valence-electron chi connectivity index (χ1n) is 4.94. The minimum Gasteiger partial charge on any atom is -0.383 e. The molecule has 0 fully saturated rings. The molecule has 2 heterocycles. The number of rotatable bonds is 4. The molecular weight excluding hydrogens is 292 g/mol. The van der Waals surface area contributed by atoms with Crippen molar-refractivity contribution in [1.29, 1.82) is 0 Å². The van der Waals surface area contributed by atoms with Gasteiger partial charge in [0.25, 0.3) is 5.56 Å². The largest absolute Gasteiger partial charge is 0.383 e. The van der Waals surface area contributed by atoms with Crippen LogP contribution in [0.1, 0.15) is 5.82 Å². The summed E-state index contributed by atoms with van der Waals surface area (Å²) in [7, 11) is 1.54. The Labute approximate surface area is 104 Å². The second kappa shape index (κ2) is 4.84. The Bertz CT molecular complexity index is 642. The van der Waals surface area contributed by atoms with E-state index in [-0.39, 0.29) is 0 Å². The van der Waals surface area contributed by atoms with Crippen LogP contribution in [0.5, 0.6) is 0 Å². The number of fused-ring (bicyclic) bond motifs is 1. The van der Waals surface area contributed by atoms with Crippen LogP contribution in [0.15, 0.2) is 9.59 Å². The maximum Gasteiger partial charge on any atom is 0.330 e. The number of nitrogens with one attached hydrogen (secondary N) is 2. The van der Waals surface area contributed by atoms with Crippen LogP contribution in [0.2, 0.25) is 0 Å². The highest BCUT2D eigenvalue weighted by Gasteiger charge is 2.11. The topological polar surface area (TPSA) is 92.8 Å². The van der Waals surface area contributed by atoms with Crippen molar-refractivity contribution in [3.8, 4) is 0 Å². The monoisotopic (exact) mass is 302 g/mol. The Morgan fingerprint density at radius 2 is 2.18 bits per heavy atom. The number of aromatic nitrogens is 4. The average molecular weight is 303 g/mol. The summed E-state index contributed by atoms with van der Waals surface area (Å²) in [6.45, 7) is 0.715. The van der Waals surface area contributed by atoms with Crippen LogP contribution in [0.3, 0.4) is 0 Å². The fourth-order valence-electron chi connectivity index (χ4n) is 1.54. The lowest BCUT2D eigenvalue weighted by Crippen LogP contribution is -2.31. The molecule has 0 aromatic carbocycles. The summed E-state index contributed by atoms with van der Waals surface area (Å²) in [5.41, 5.74) is -0.286. The SMILES string of the molecule is COCCn1c(=O)[nH]c(=O)c2[nH]c(CBr)nc21. The Balaban J connectivity index is 2.68. The van der Waals surface area contributed by atoms with E-state index in [9.17, 15) is 9.59 Å². The van der Waals surface area contributed by atoms with Crippen LogP contribution >= 0.6 is 15.9 Å². The van der Waals surface area contributed by atoms with Crippen molar-refractivity contribution in [1.82, 2.24) is 19.5 Å². The van der Waals surface area contributed by atoms with E-state index in [4.69, 9.17) is 4.74 Å². The number of imidazole rings is 1. The van der Waals surface area contributed by atoms with E-state index in [1.54, 1.807) is 7.11 Å². The van der Waals surface area contributed by atoms with Gasteiger partial charge in [-0.15, -0.1) is 0 Å². The number of alkyl halides is 1. The molecule has 0 aliphatic carbocycles. The Hall–Kier alpha value is -1.41. The first-order valence-corrected chi connectivity index (χ1v) is 6.06. The molecule has 7 nitrogen and oxygen atoms in total. The van der Waals surface area contributed by atoms with E-state index in [0.717, 1.165) is 0 Å². The van der Waals surface area contributed by atoms with Crippen molar-refractivity contribution in [2.75, 3.05) is 13.7 Å². The molecule has 0 unspecified atom stereocenters. The lowest BCUT2D eigenvalue weighted by molar-refractivity contribution is 0.187. The van der Waals surface area contributed by atoms with Gasteiger partial charge in [-0.2, -0.15) is 0 Å². The van der Waals surface area contributed by atoms with Gasteiger partial charge in [-0.3, -0.25) is 14.3 Å². The van der Waals surface area contributed by atoms with Gasteiger partial charge in [-0.05, 0) is 0 Å². The zero-order chi connectivity index (χ0) is 12.4. The third kappa shape index (κ3) is 2.18. The zero-order valence-corrected chi connectivity index (χ0v) is 10.7. The number of aromatic amines is 2. The summed E-state index contributed by atoms with van der Waals surface area (Å²) in [6, 6.07) is 0. The quantitative estimate of drug-likeness (QED) is 0.775. The fraction of sp³-hybridized carbons (Fsp3) is 0.444. The van der Waals surface area contributed by atoms with Crippen molar-refractivity contribution in [3.63, 3.8) is 0 Å². The number of ether oxygens (including phenoxy) is 1. The standard InChI is InChI=1S/C9H11BrN4O3/c1-17-3-2-14-7-6(8(15)13-9(14)16)11-5(4-10)12-7/h2-4H2,1H3,(H,11,12)(H,13,15,16). The van der Waals surface area contributed by atoms with E-state index in [2.05, 4.69) is 30.9 Å². The summed E-state index contributed by atoms with van der Waals surface area (Å²) >= 11 is 3.24. The Morgan fingerprint density at radius 3 is 2.82 bits per heavy atom. The molecule has 0 bridgehead atoms. The number of nitrogens with zero attached hydrogens (tertiary/aromatic N) is 2. The molecule has 0 spiro atoms. The lowest BCUT2D eigenvalue weighted by atomic mass is 10.5. The molecule has 2 aromatic heterocycles. The van der Waals surface area contributed by atoms with Crippen molar-refractivity contribution in [3.05, 3.63) is 26.7 Å². The molecule has 0 atom stereocenters. The van der Waals surface area contributed by atoms with Crippen LogP contribution in [-0.4, -0.2) is 33.2 Å². The van der Waals surface area contributed by atoms with Gasteiger partial charge in [0, 0.05) is 7.11 Å². The summed E-state index contributed by atoms with van der Waals surface area (Å²) in [5.74, 6) is 0.599. The van der Waals surface area contributed by atoms with Crippen LogP contribution < -0.4 is 11.2 Å². The van der Waals surface area contributed by atoms with Crippen molar-refractivity contribution in [2.45, 2.75) is 11.9 Å². The van der Waals surface area contributed by atoms with E-state index in [1.807, 2.05) is 0 Å².